The highest BCUT2D eigenvalue weighted by Crippen LogP contribution is 2.36. The number of hydrogen-bond donors (Lipinski definition) is 2. The van der Waals surface area contributed by atoms with Gasteiger partial charge in [0.15, 0.2) is 0 Å². The summed E-state index contributed by atoms with van der Waals surface area (Å²) < 4.78 is 5.37. The quantitative estimate of drug-likeness (QED) is 0.365. The molecule has 2 N–H and O–H groups in total. The fraction of sp³-hybridized carbons (Fsp3) is 0.400. The van der Waals surface area contributed by atoms with Crippen LogP contribution in [0.1, 0.15) is 49.3 Å². The van der Waals surface area contributed by atoms with E-state index in [9.17, 15) is 15.0 Å². The van der Waals surface area contributed by atoms with Gasteiger partial charge in [-0.3, -0.25) is 9.78 Å². The van der Waals surface area contributed by atoms with E-state index >= 15 is 0 Å². The monoisotopic (exact) mass is 488 g/mol. The van der Waals surface area contributed by atoms with Gasteiger partial charge in [-0.15, -0.1) is 0 Å². The summed E-state index contributed by atoms with van der Waals surface area (Å²) in [6.45, 7) is 6.06. The van der Waals surface area contributed by atoms with Crippen molar-refractivity contribution in [1.29, 1.82) is 0 Å². The second-order valence-electron chi connectivity index (χ2n) is 9.79. The highest BCUT2D eigenvalue weighted by Gasteiger charge is 2.30. The Labute approximate surface area is 213 Å². The SMILES string of the molecule is C=C(Cc1ccccc1)N1CC[C@@H](CC[C@@H](O)c2ccnc3ccc(OC)cc23)[C@H](CCC(=O)O)C1. The zero-order chi connectivity index (χ0) is 25.5. The number of likely N-dealkylation sites (tertiary alicyclic amines) is 1. The number of methoxy groups -OCH3 is 1. The molecule has 1 saturated heterocycles. The number of aliphatic hydroxyl groups is 1. The molecule has 2 aromatic carbocycles. The van der Waals surface area contributed by atoms with Crippen molar-refractivity contribution in [3.63, 3.8) is 0 Å². The second kappa shape index (κ2) is 12.0. The number of allylic oxidation sites excluding steroid dienone is 1. The van der Waals surface area contributed by atoms with Gasteiger partial charge in [0.25, 0.3) is 0 Å². The number of rotatable bonds is 11. The molecular formula is C30H36N2O4. The van der Waals surface area contributed by atoms with Crippen molar-refractivity contribution >= 4 is 16.9 Å². The normalized spacial score (nSPS) is 18.7. The Morgan fingerprint density at radius 2 is 1.97 bits per heavy atom. The molecule has 190 valence electrons. The van der Waals surface area contributed by atoms with E-state index in [1.807, 2.05) is 42.5 Å². The van der Waals surface area contributed by atoms with Gasteiger partial charge in [0.1, 0.15) is 5.75 Å². The predicted octanol–water partition coefficient (Wildman–Crippen LogP) is 5.62. The number of carbonyl (C=O) groups is 1. The standard InChI is InChI=1S/C30H36N2O4/c1-21(18-22-6-4-3-5-7-22)32-17-15-23(24(20-32)9-13-30(34)35)8-12-29(33)26-14-16-31-28-11-10-25(36-2)19-27(26)28/h3-7,10-11,14,16,19,23-24,29,33H,1,8-9,12-13,15,17-18,20H2,2H3,(H,34,35)/t23-,24-,29-/m1/s1. The molecule has 1 aromatic heterocycles. The first-order valence-corrected chi connectivity index (χ1v) is 12.7. The first kappa shape index (κ1) is 25.7. The van der Waals surface area contributed by atoms with Gasteiger partial charge in [0.05, 0.1) is 18.7 Å². The van der Waals surface area contributed by atoms with Crippen molar-refractivity contribution in [2.24, 2.45) is 11.8 Å². The van der Waals surface area contributed by atoms with Crippen LogP contribution in [0.3, 0.4) is 0 Å². The zero-order valence-corrected chi connectivity index (χ0v) is 21.0. The molecule has 1 aliphatic heterocycles. The lowest BCUT2D eigenvalue weighted by Gasteiger charge is -2.41. The summed E-state index contributed by atoms with van der Waals surface area (Å²) in [5.74, 6) is 0.596. The summed E-state index contributed by atoms with van der Waals surface area (Å²) >= 11 is 0. The molecule has 0 amide bonds. The van der Waals surface area contributed by atoms with E-state index in [0.717, 1.165) is 60.3 Å². The van der Waals surface area contributed by atoms with Gasteiger partial charge in [-0.1, -0.05) is 36.9 Å². The number of fused-ring (bicyclic) bond motifs is 1. The van der Waals surface area contributed by atoms with Crippen LogP contribution in [-0.4, -0.2) is 46.3 Å². The van der Waals surface area contributed by atoms with Crippen molar-refractivity contribution in [3.05, 3.63) is 84.2 Å². The lowest BCUT2D eigenvalue weighted by molar-refractivity contribution is -0.137. The third-order valence-corrected chi connectivity index (χ3v) is 7.47. The molecule has 3 aromatic rings. The first-order chi connectivity index (χ1) is 17.4. The van der Waals surface area contributed by atoms with Crippen molar-refractivity contribution < 1.29 is 19.7 Å². The third-order valence-electron chi connectivity index (χ3n) is 7.47. The van der Waals surface area contributed by atoms with E-state index < -0.39 is 12.1 Å². The Morgan fingerprint density at radius 3 is 2.72 bits per heavy atom. The Kier molecular flexibility index (Phi) is 8.60. The van der Waals surface area contributed by atoms with Gasteiger partial charge in [0, 0.05) is 43.2 Å². The smallest absolute Gasteiger partial charge is 0.303 e. The molecule has 6 nitrogen and oxygen atoms in total. The Morgan fingerprint density at radius 1 is 1.17 bits per heavy atom. The molecule has 0 unspecified atom stereocenters. The number of nitrogens with zero attached hydrogens (tertiary/aromatic N) is 2. The summed E-state index contributed by atoms with van der Waals surface area (Å²) in [7, 11) is 1.63. The summed E-state index contributed by atoms with van der Waals surface area (Å²) in [6, 6.07) is 17.9. The van der Waals surface area contributed by atoms with Crippen molar-refractivity contribution in [1.82, 2.24) is 9.88 Å². The minimum Gasteiger partial charge on any atom is -0.497 e. The molecule has 2 heterocycles. The number of piperidine rings is 1. The maximum atomic E-state index is 11.3. The fourth-order valence-electron chi connectivity index (χ4n) is 5.42. The number of carboxylic acids is 1. The average molecular weight is 489 g/mol. The molecule has 0 radical (unpaired) electrons. The lowest BCUT2D eigenvalue weighted by atomic mass is 9.78. The van der Waals surface area contributed by atoms with Crippen molar-refractivity contribution in [2.75, 3.05) is 20.2 Å². The van der Waals surface area contributed by atoms with Gasteiger partial charge in [-0.25, -0.2) is 0 Å². The summed E-state index contributed by atoms with van der Waals surface area (Å²) in [4.78, 5) is 18.1. The lowest BCUT2D eigenvalue weighted by Crippen LogP contribution is -2.40. The van der Waals surface area contributed by atoms with Gasteiger partial charge in [-0.2, -0.15) is 0 Å². The minimum absolute atomic E-state index is 0.164. The molecule has 4 rings (SSSR count). The van der Waals surface area contributed by atoms with Crippen LogP contribution in [0.2, 0.25) is 0 Å². The van der Waals surface area contributed by atoms with Crippen LogP contribution in [0.25, 0.3) is 10.9 Å². The number of carboxylic acid groups (broad SMARTS) is 1. The van der Waals surface area contributed by atoms with E-state index in [1.165, 1.54) is 5.56 Å². The number of pyridine rings is 1. The maximum absolute atomic E-state index is 11.3. The van der Waals surface area contributed by atoms with E-state index in [2.05, 4.69) is 28.6 Å². The molecule has 6 heteroatoms. The van der Waals surface area contributed by atoms with Crippen molar-refractivity contribution in [2.45, 2.75) is 44.6 Å². The average Bonchev–Trinajstić information content (AvgIpc) is 2.90. The summed E-state index contributed by atoms with van der Waals surface area (Å²) in [5, 5.41) is 21.4. The minimum atomic E-state index is -0.758. The van der Waals surface area contributed by atoms with Gasteiger partial charge in [-0.05, 0) is 72.9 Å². The van der Waals surface area contributed by atoms with Crippen LogP contribution in [-0.2, 0) is 11.2 Å². The summed E-state index contributed by atoms with van der Waals surface area (Å²) in [5.41, 5.74) is 4.00. The van der Waals surface area contributed by atoms with E-state index in [1.54, 1.807) is 13.3 Å². The van der Waals surface area contributed by atoms with Crippen LogP contribution < -0.4 is 4.74 Å². The number of aromatic nitrogens is 1. The number of ether oxygens (including phenoxy) is 1. The summed E-state index contributed by atoms with van der Waals surface area (Å²) in [6.07, 6.45) is 5.16. The predicted molar refractivity (Wildman–Crippen MR) is 142 cm³/mol. The molecule has 0 spiro atoms. The Hall–Kier alpha value is -3.38. The molecule has 0 aliphatic carbocycles. The third kappa shape index (κ3) is 6.43. The molecular weight excluding hydrogens is 452 g/mol. The topological polar surface area (TPSA) is 82.9 Å². The number of benzene rings is 2. The first-order valence-electron chi connectivity index (χ1n) is 12.7. The molecule has 1 aliphatic rings. The largest absolute Gasteiger partial charge is 0.497 e. The van der Waals surface area contributed by atoms with Crippen molar-refractivity contribution in [3.8, 4) is 5.75 Å². The highest BCUT2D eigenvalue weighted by molar-refractivity contribution is 5.83. The van der Waals surface area contributed by atoms with E-state index in [0.29, 0.717) is 18.8 Å². The Bertz CT molecular complexity index is 1180. The van der Waals surface area contributed by atoms with Crippen LogP contribution in [0.5, 0.6) is 5.75 Å². The number of hydrogen-bond acceptors (Lipinski definition) is 5. The fourth-order valence-corrected chi connectivity index (χ4v) is 5.42. The van der Waals surface area contributed by atoms with Gasteiger partial charge < -0.3 is 19.8 Å². The van der Waals surface area contributed by atoms with Gasteiger partial charge >= 0.3 is 5.97 Å². The highest BCUT2D eigenvalue weighted by atomic mass is 16.5. The Balaban J connectivity index is 1.42. The van der Waals surface area contributed by atoms with E-state index in [4.69, 9.17) is 4.74 Å². The molecule has 0 bridgehead atoms. The zero-order valence-electron chi connectivity index (χ0n) is 21.0. The second-order valence-corrected chi connectivity index (χ2v) is 9.79. The molecule has 36 heavy (non-hydrogen) atoms. The number of aliphatic carboxylic acids is 1. The van der Waals surface area contributed by atoms with Crippen LogP contribution >= 0.6 is 0 Å². The number of aliphatic hydroxyl groups excluding tert-OH is 1. The molecule has 1 fully saturated rings. The van der Waals surface area contributed by atoms with Crippen LogP contribution in [0.15, 0.2) is 73.1 Å². The molecule has 3 atom stereocenters. The van der Waals surface area contributed by atoms with Crippen LogP contribution in [0.4, 0.5) is 0 Å². The van der Waals surface area contributed by atoms with E-state index in [-0.39, 0.29) is 12.3 Å². The molecule has 0 saturated carbocycles. The van der Waals surface area contributed by atoms with Gasteiger partial charge in [0.2, 0.25) is 0 Å². The maximum Gasteiger partial charge on any atom is 0.303 e. The van der Waals surface area contributed by atoms with Crippen LogP contribution in [0, 0.1) is 11.8 Å².